The van der Waals surface area contributed by atoms with E-state index in [0.29, 0.717) is 32.7 Å². The number of rotatable bonds is 10. The van der Waals surface area contributed by atoms with E-state index in [4.69, 9.17) is 9.47 Å². The van der Waals surface area contributed by atoms with Crippen molar-refractivity contribution in [2.24, 2.45) is 0 Å². The minimum atomic E-state index is -0.151. The van der Waals surface area contributed by atoms with Gasteiger partial charge in [-0.25, -0.2) is 4.39 Å². The van der Waals surface area contributed by atoms with Gasteiger partial charge in [-0.2, -0.15) is 0 Å². The zero-order chi connectivity index (χ0) is 18.1. The zero-order valence-corrected chi connectivity index (χ0v) is 16.4. The van der Waals surface area contributed by atoms with Gasteiger partial charge in [0.15, 0.2) is 11.5 Å². The van der Waals surface area contributed by atoms with E-state index in [1.54, 1.807) is 6.07 Å². The molecule has 2 aromatic carbocycles. The Morgan fingerprint density at radius 3 is 2.52 bits per heavy atom. The number of halogens is 2. The van der Waals surface area contributed by atoms with Gasteiger partial charge in [-0.05, 0) is 55.6 Å². The maximum atomic E-state index is 13.6. The Kier molecular flexibility index (Phi) is 8.22. The predicted molar refractivity (Wildman–Crippen MR) is 103 cm³/mol. The molecule has 136 valence electrons. The number of hydrogen-bond acceptors (Lipinski definition) is 3. The van der Waals surface area contributed by atoms with Crippen molar-refractivity contribution < 1.29 is 13.9 Å². The Morgan fingerprint density at radius 2 is 1.80 bits per heavy atom. The molecule has 0 aliphatic rings. The van der Waals surface area contributed by atoms with Crippen LogP contribution in [-0.2, 0) is 13.0 Å². The minimum Gasteiger partial charge on any atom is -0.490 e. The molecule has 0 aliphatic heterocycles. The van der Waals surface area contributed by atoms with Crippen LogP contribution in [0.15, 0.2) is 40.9 Å². The van der Waals surface area contributed by atoms with Gasteiger partial charge < -0.3 is 14.8 Å². The van der Waals surface area contributed by atoms with Crippen molar-refractivity contribution in [3.8, 4) is 11.5 Å². The third kappa shape index (κ3) is 6.01. The number of benzene rings is 2. The first-order chi connectivity index (χ1) is 12.2. The molecule has 0 radical (unpaired) electrons. The van der Waals surface area contributed by atoms with Gasteiger partial charge in [0, 0.05) is 11.0 Å². The van der Waals surface area contributed by atoms with E-state index in [1.165, 1.54) is 6.07 Å². The Bertz CT molecular complexity index is 679. The summed E-state index contributed by atoms with van der Waals surface area (Å²) in [6, 6.07) is 10.8. The highest BCUT2D eigenvalue weighted by Crippen LogP contribution is 2.34. The second-order valence-corrected chi connectivity index (χ2v) is 6.54. The van der Waals surface area contributed by atoms with Crippen LogP contribution >= 0.6 is 15.9 Å². The first-order valence-electron chi connectivity index (χ1n) is 8.67. The van der Waals surface area contributed by atoms with Crippen LogP contribution in [0.5, 0.6) is 11.5 Å². The number of nitrogens with one attached hydrogen (secondary N) is 1. The summed E-state index contributed by atoms with van der Waals surface area (Å²) in [7, 11) is 0. The highest BCUT2D eigenvalue weighted by Gasteiger charge is 2.11. The lowest BCUT2D eigenvalue weighted by Crippen LogP contribution is -2.17. The van der Waals surface area contributed by atoms with E-state index in [1.807, 2.05) is 31.2 Å². The molecule has 3 nitrogen and oxygen atoms in total. The van der Waals surface area contributed by atoms with Crippen molar-refractivity contribution in [3.05, 3.63) is 57.8 Å². The van der Waals surface area contributed by atoms with E-state index in [0.717, 1.165) is 33.5 Å². The fraction of sp³-hybridized carbons (Fsp3) is 0.400. The first kappa shape index (κ1) is 19.7. The second-order valence-electron chi connectivity index (χ2n) is 5.69. The minimum absolute atomic E-state index is 0.151. The predicted octanol–water partition coefficient (Wildman–Crippen LogP) is 5.11. The molecule has 25 heavy (non-hydrogen) atoms. The van der Waals surface area contributed by atoms with E-state index < -0.39 is 0 Å². The Balaban J connectivity index is 1.96. The fourth-order valence-corrected chi connectivity index (χ4v) is 2.92. The fourth-order valence-electron chi connectivity index (χ4n) is 2.45. The standard InChI is InChI=1S/C20H25BrFNO2/c1-3-11-25-20-13-17(21)16(12-19(20)24-4-2)14-23-10-9-15-7-5-6-8-18(15)22/h5-8,12-13,23H,3-4,9-11,14H2,1-2H3. The molecule has 2 rings (SSSR count). The van der Waals surface area contributed by atoms with E-state index in [2.05, 4.69) is 28.2 Å². The smallest absolute Gasteiger partial charge is 0.162 e. The Morgan fingerprint density at radius 1 is 1.04 bits per heavy atom. The lowest BCUT2D eigenvalue weighted by molar-refractivity contribution is 0.276. The van der Waals surface area contributed by atoms with Crippen LogP contribution in [0, 0.1) is 5.82 Å². The van der Waals surface area contributed by atoms with Crippen LogP contribution in [0.25, 0.3) is 0 Å². The second kappa shape index (κ2) is 10.4. The molecule has 0 unspecified atom stereocenters. The highest BCUT2D eigenvalue weighted by atomic mass is 79.9. The average Bonchev–Trinajstić information content (AvgIpc) is 2.61. The summed E-state index contributed by atoms with van der Waals surface area (Å²) in [5.74, 6) is 1.36. The third-order valence-corrected chi connectivity index (χ3v) is 4.46. The van der Waals surface area contributed by atoms with Crippen molar-refractivity contribution in [2.75, 3.05) is 19.8 Å². The van der Waals surface area contributed by atoms with Crippen molar-refractivity contribution in [3.63, 3.8) is 0 Å². The first-order valence-corrected chi connectivity index (χ1v) is 9.47. The Hall–Kier alpha value is -1.59. The normalized spacial score (nSPS) is 10.7. The summed E-state index contributed by atoms with van der Waals surface area (Å²) >= 11 is 3.60. The maximum absolute atomic E-state index is 13.6. The molecule has 0 bridgehead atoms. The average molecular weight is 410 g/mol. The quantitative estimate of drug-likeness (QED) is 0.553. The van der Waals surface area contributed by atoms with Gasteiger partial charge in [-0.3, -0.25) is 0 Å². The molecular weight excluding hydrogens is 385 g/mol. The summed E-state index contributed by atoms with van der Waals surface area (Å²) < 4.78 is 26.0. The molecule has 0 aliphatic carbocycles. The third-order valence-electron chi connectivity index (χ3n) is 3.72. The molecule has 2 aromatic rings. The summed E-state index contributed by atoms with van der Waals surface area (Å²) in [4.78, 5) is 0. The topological polar surface area (TPSA) is 30.5 Å². The van der Waals surface area contributed by atoms with Crippen LogP contribution in [0.1, 0.15) is 31.4 Å². The lowest BCUT2D eigenvalue weighted by Gasteiger charge is -2.15. The molecule has 0 amide bonds. The molecule has 0 fully saturated rings. The maximum Gasteiger partial charge on any atom is 0.162 e. The van der Waals surface area contributed by atoms with E-state index in [-0.39, 0.29) is 5.82 Å². The Labute approximate surface area is 157 Å². The van der Waals surface area contributed by atoms with E-state index in [9.17, 15) is 4.39 Å². The van der Waals surface area contributed by atoms with Gasteiger partial charge in [-0.1, -0.05) is 41.1 Å². The van der Waals surface area contributed by atoms with Crippen molar-refractivity contribution in [1.82, 2.24) is 5.32 Å². The van der Waals surface area contributed by atoms with Crippen LogP contribution in [-0.4, -0.2) is 19.8 Å². The summed E-state index contributed by atoms with van der Waals surface area (Å²) in [6.07, 6.45) is 1.60. The molecular formula is C20H25BrFNO2. The molecule has 5 heteroatoms. The molecule has 1 N–H and O–H groups in total. The van der Waals surface area contributed by atoms with Gasteiger partial charge in [0.1, 0.15) is 5.82 Å². The molecule has 0 heterocycles. The van der Waals surface area contributed by atoms with Crippen molar-refractivity contribution >= 4 is 15.9 Å². The SMILES string of the molecule is CCCOc1cc(Br)c(CNCCc2ccccc2F)cc1OCC. The van der Waals surface area contributed by atoms with Gasteiger partial charge in [0.05, 0.1) is 13.2 Å². The van der Waals surface area contributed by atoms with Crippen molar-refractivity contribution in [1.29, 1.82) is 0 Å². The van der Waals surface area contributed by atoms with Gasteiger partial charge in [-0.15, -0.1) is 0 Å². The van der Waals surface area contributed by atoms with Gasteiger partial charge in [0.25, 0.3) is 0 Å². The van der Waals surface area contributed by atoms with Gasteiger partial charge >= 0.3 is 0 Å². The van der Waals surface area contributed by atoms with Gasteiger partial charge in [0.2, 0.25) is 0 Å². The van der Waals surface area contributed by atoms with Crippen molar-refractivity contribution in [2.45, 2.75) is 33.2 Å². The van der Waals surface area contributed by atoms with Crippen LogP contribution in [0.3, 0.4) is 0 Å². The molecule has 0 saturated heterocycles. The summed E-state index contributed by atoms with van der Waals surface area (Å²) in [5, 5.41) is 3.36. The molecule has 0 spiro atoms. The number of ether oxygens (including phenoxy) is 2. The monoisotopic (exact) mass is 409 g/mol. The number of hydrogen-bond donors (Lipinski definition) is 1. The molecule has 0 saturated carbocycles. The summed E-state index contributed by atoms with van der Waals surface area (Å²) in [6.45, 7) is 6.65. The molecule has 0 aromatic heterocycles. The van der Waals surface area contributed by atoms with E-state index >= 15 is 0 Å². The van der Waals surface area contributed by atoms with Crippen LogP contribution in [0.2, 0.25) is 0 Å². The summed E-state index contributed by atoms with van der Waals surface area (Å²) in [5.41, 5.74) is 1.81. The van der Waals surface area contributed by atoms with Crippen LogP contribution < -0.4 is 14.8 Å². The zero-order valence-electron chi connectivity index (χ0n) is 14.8. The molecule has 0 atom stereocenters. The highest BCUT2D eigenvalue weighted by molar-refractivity contribution is 9.10. The van der Waals surface area contributed by atoms with Crippen LogP contribution in [0.4, 0.5) is 4.39 Å². The largest absolute Gasteiger partial charge is 0.490 e. The lowest BCUT2D eigenvalue weighted by atomic mass is 10.1.